The van der Waals surface area contributed by atoms with Gasteiger partial charge < -0.3 is 10.1 Å². The summed E-state index contributed by atoms with van der Waals surface area (Å²) in [6.45, 7) is 8.64. The van der Waals surface area contributed by atoms with E-state index in [4.69, 9.17) is 4.74 Å². The Balaban J connectivity index is 1.65. The average Bonchev–Trinajstić information content (AvgIpc) is 3.38. The van der Waals surface area contributed by atoms with Crippen LogP contribution in [0.25, 0.3) is 0 Å². The molecule has 2 atom stereocenters. The lowest BCUT2D eigenvalue weighted by atomic mass is 9.92. The predicted octanol–water partition coefficient (Wildman–Crippen LogP) is 4.14. The van der Waals surface area contributed by atoms with Crippen LogP contribution in [0.4, 0.5) is 0 Å². The number of hydrogen-bond donors (Lipinski definition) is 1. The molecule has 0 saturated heterocycles. The maximum Gasteiger partial charge on any atom is 0.119 e. The van der Waals surface area contributed by atoms with Crippen LogP contribution in [0.1, 0.15) is 52.0 Å². The molecule has 2 unspecified atom stereocenters. The van der Waals surface area contributed by atoms with Gasteiger partial charge in [-0.1, -0.05) is 39.3 Å². The van der Waals surface area contributed by atoms with Crippen LogP contribution in [-0.2, 0) is 5.41 Å². The molecular weight excluding hydrogens is 258 g/mol. The van der Waals surface area contributed by atoms with Gasteiger partial charge in [0.1, 0.15) is 5.75 Å². The van der Waals surface area contributed by atoms with Crippen molar-refractivity contribution in [2.75, 3.05) is 13.2 Å². The minimum absolute atomic E-state index is 0.397. The van der Waals surface area contributed by atoms with Crippen molar-refractivity contribution in [2.45, 2.75) is 57.9 Å². The van der Waals surface area contributed by atoms with E-state index in [1.807, 2.05) is 0 Å². The van der Waals surface area contributed by atoms with Gasteiger partial charge in [-0.25, -0.2) is 0 Å². The van der Waals surface area contributed by atoms with E-state index in [1.54, 1.807) is 0 Å². The molecule has 0 amide bonds. The summed E-state index contributed by atoms with van der Waals surface area (Å²) >= 11 is 0. The molecule has 2 saturated carbocycles. The van der Waals surface area contributed by atoms with Gasteiger partial charge in [-0.05, 0) is 48.8 Å². The molecule has 0 aromatic heterocycles. The van der Waals surface area contributed by atoms with Crippen molar-refractivity contribution in [2.24, 2.45) is 11.8 Å². The first-order valence-electron chi connectivity index (χ1n) is 8.61. The van der Waals surface area contributed by atoms with Crippen molar-refractivity contribution < 1.29 is 4.74 Å². The van der Waals surface area contributed by atoms with Crippen LogP contribution in [-0.4, -0.2) is 19.2 Å². The summed E-state index contributed by atoms with van der Waals surface area (Å²) in [5.74, 6) is 2.43. The Kier molecular flexibility index (Phi) is 4.26. The summed E-state index contributed by atoms with van der Waals surface area (Å²) in [7, 11) is 0. The van der Waals surface area contributed by atoms with E-state index in [2.05, 4.69) is 50.4 Å². The molecule has 0 heterocycles. The highest BCUT2D eigenvalue weighted by Crippen LogP contribution is 2.56. The second-order valence-corrected chi connectivity index (χ2v) is 7.35. The first-order chi connectivity index (χ1) is 10.1. The van der Waals surface area contributed by atoms with Gasteiger partial charge in [0.25, 0.3) is 0 Å². The minimum atomic E-state index is 0.397. The zero-order valence-electron chi connectivity index (χ0n) is 13.7. The molecular formula is C19H29NO. The summed E-state index contributed by atoms with van der Waals surface area (Å²) in [5.41, 5.74) is 1.90. The SMILES string of the molecule is CCC1CC1(CNC1CC1)c1ccc(OCC(C)C)cc1. The first-order valence-corrected chi connectivity index (χ1v) is 8.61. The Bertz CT molecular complexity index is 463. The van der Waals surface area contributed by atoms with Crippen molar-refractivity contribution in [3.05, 3.63) is 29.8 Å². The standard InChI is InChI=1S/C19H29NO/c1-4-15-11-19(15,13-20-17-7-8-17)16-5-9-18(10-6-16)21-12-14(2)3/h5-6,9-10,14-15,17,20H,4,7-8,11-13H2,1-3H3. The lowest BCUT2D eigenvalue weighted by Crippen LogP contribution is -2.30. The van der Waals surface area contributed by atoms with Crippen molar-refractivity contribution in [3.8, 4) is 5.75 Å². The van der Waals surface area contributed by atoms with E-state index in [9.17, 15) is 0 Å². The molecule has 0 aliphatic heterocycles. The molecule has 21 heavy (non-hydrogen) atoms. The highest BCUT2D eigenvalue weighted by molar-refractivity contribution is 5.38. The number of rotatable bonds is 8. The molecule has 2 aliphatic carbocycles. The van der Waals surface area contributed by atoms with Crippen LogP contribution in [0.15, 0.2) is 24.3 Å². The Hall–Kier alpha value is -1.02. The molecule has 0 bridgehead atoms. The lowest BCUT2D eigenvalue weighted by molar-refractivity contribution is 0.271. The van der Waals surface area contributed by atoms with Crippen molar-refractivity contribution in [1.29, 1.82) is 0 Å². The third-order valence-electron chi connectivity index (χ3n) is 5.02. The maximum atomic E-state index is 5.80. The van der Waals surface area contributed by atoms with E-state index in [0.29, 0.717) is 11.3 Å². The minimum Gasteiger partial charge on any atom is -0.493 e. The van der Waals surface area contributed by atoms with Crippen molar-refractivity contribution in [3.63, 3.8) is 0 Å². The van der Waals surface area contributed by atoms with E-state index >= 15 is 0 Å². The largest absolute Gasteiger partial charge is 0.493 e. The summed E-state index contributed by atoms with van der Waals surface area (Å²) < 4.78 is 5.80. The summed E-state index contributed by atoms with van der Waals surface area (Å²) in [5, 5.41) is 3.75. The fourth-order valence-corrected chi connectivity index (χ4v) is 3.35. The smallest absolute Gasteiger partial charge is 0.119 e. The van der Waals surface area contributed by atoms with E-state index < -0.39 is 0 Å². The van der Waals surface area contributed by atoms with Gasteiger partial charge in [-0.3, -0.25) is 0 Å². The van der Waals surface area contributed by atoms with Gasteiger partial charge in [-0.2, -0.15) is 0 Å². The van der Waals surface area contributed by atoms with Gasteiger partial charge in [0.15, 0.2) is 0 Å². The quantitative estimate of drug-likeness (QED) is 0.776. The number of nitrogens with one attached hydrogen (secondary N) is 1. The number of hydrogen-bond acceptors (Lipinski definition) is 2. The fourth-order valence-electron chi connectivity index (χ4n) is 3.35. The van der Waals surface area contributed by atoms with Gasteiger partial charge in [0, 0.05) is 18.0 Å². The zero-order chi connectivity index (χ0) is 14.9. The Morgan fingerprint density at radius 2 is 1.95 bits per heavy atom. The number of benzene rings is 1. The van der Waals surface area contributed by atoms with Gasteiger partial charge in [-0.15, -0.1) is 0 Å². The molecule has 116 valence electrons. The molecule has 1 aromatic rings. The topological polar surface area (TPSA) is 21.3 Å². The molecule has 2 aliphatic rings. The average molecular weight is 287 g/mol. The van der Waals surface area contributed by atoms with Crippen molar-refractivity contribution >= 4 is 0 Å². The first kappa shape index (κ1) is 14.9. The van der Waals surface area contributed by atoms with Gasteiger partial charge in [0.2, 0.25) is 0 Å². The second-order valence-electron chi connectivity index (χ2n) is 7.35. The third kappa shape index (κ3) is 3.42. The molecule has 0 spiro atoms. The van der Waals surface area contributed by atoms with Crippen LogP contribution in [0.5, 0.6) is 5.75 Å². The van der Waals surface area contributed by atoms with E-state index in [1.165, 1.54) is 31.2 Å². The maximum absolute atomic E-state index is 5.80. The molecule has 2 fully saturated rings. The van der Waals surface area contributed by atoms with Gasteiger partial charge in [0.05, 0.1) is 6.61 Å². The molecule has 2 nitrogen and oxygen atoms in total. The summed E-state index contributed by atoms with van der Waals surface area (Å²) in [6, 6.07) is 9.69. The summed E-state index contributed by atoms with van der Waals surface area (Å²) in [6.07, 6.45) is 5.37. The molecule has 0 radical (unpaired) electrons. The predicted molar refractivity (Wildman–Crippen MR) is 87.9 cm³/mol. The normalized spacial score (nSPS) is 27.9. The van der Waals surface area contributed by atoms with Crippen molar-refractivity contribution in [1.82, 2.24) is 5.32 Å². The Labute approximate surface area is 129 Å². The highest BCUT2D eigenvalue weighted by atomic mass is 16.5. The van der Waals surface area contributed by atoms with E-state index in [0.717, 1.165) is 30.9 Å². The monoisotopic (exact) mass is 287 g/mol. The molecule has 2 heteroatoms. The van der Waals surface area contributed by atoms with E-state index in [-0.39, 0.29) is 0 Å². The van der Waals surface area contributed by atoms with Crippen LogP contribution in [0, 0.1) is 11.8 Å². The molecule has 1 N–H and O–H groups in total. The molecule has 3 rings (SSSR count). The second kappa shape index (κ2) is 6.00. The van der Waals surface area contributed by atoms with Crippen LogP contribution in [0.2, 0.25) is 0 Å². The lowest BCUT2D eigenvalue weighted by Gasteiger charge is -2.19. The molecule has 1 aromatic carbocycles. The summed E-state index contributed by atoms with van der Waals surface area (Å²) in [4.78, 5) is 0. The number of ether oxygens (including phenoxy) is 1. The third-order valence-corrected chi connectivity index (χ3v) is 5.02. The highest BCUT2D eigenvalue weighted by Gasteiger charge is 2.53. The Morgan fingerprint density at radius 3 is 2.48 bits per heavy atom. The zero-order valence-corrected chi connectivity index (χ0v) is 13.7. The Morgan fingerprint density at radius 1 is 1.24 bits per heavy atom. The van der Waals surface area contributed by atoms with Crippen LogP contribution in [0.3, 0.4) is 0 Å². The fraction of sp³-hybridized carbons (Fsp3) is 0.684. The van der Waals surface area contributed by atoms with Gasteiger partial charge >= 0.3 is 0 Å². The van der Waals surface area contributed by atoms with Crippen LogP contribution < -0.4 is 10.1 Å². The van der Waals surface area contributed by atoms with Crippen LogP contribution >= 0.6 is 0 Å².